The number of nitrogens with one attached hydrogen (secondary N) is 1. The third-order valence-electron chi connectivity index (χ3n) is 2.43. The van der Waals surface area contributed by atoms with Crippen LogP contribution in [0.2, 0.25) is 0 Å². The monoisotopic (exact) mass is 252 g/mol. The summed E-state index contributed by atoms with van der Waals surface area (Å²) in [6.45, 7) is 5.21. The predicted molar refractivity (Wildman–Crippen MR) is 74.5 cm³/mol. The van der Waals surface area contributed by atoms with Crippen molar-refractivity contribution < 1.29 is 9.13 Å². The van der Waals surface area contributed by atoms with Gasteiger partial charge in [0.25, 0.3) is 0 Å². The largest absolute Gasteiger partial charge is 0.490 e. The lowest BCUT2D eigenvalue weighted by atomic mass is 10.2. The first-order valence-electron chi connectivity index (χ1n) is 6.25. The van der Waals surface area contributed by atoms with Gasteiger partial charge in [-0.25, -0.2) is 4.39 Å². The Kier molecular flexibility index (Phi) is 6.05. The first-order chi connectivity index (χ1) is 8.69. The Morgan fingerprint density at radius 3 is 2.89 bits per heavy atom. The summed E-state index contributed by atoms with van der Waals surface area (Å²) in [5, 5.41) is 3.17. The maximum absolute atomic E-state index is 13.6. The van der Waals surface area contributed by atoms with E-state index < -0.39 is 5.82 Å². The Labute approximate surface area is 108 Å². The summed E-state index contributed by atoms with van der Waals surface area (Å²) in [7, 11) is 0. The highest BCUT2D eigenvalue weighted by Crippen LogP contribution is 2.28. The van der Waals surface area contributed by atoms with Crippen LogP contribution < -0.4 is 15.8 Å². The molecule has 0 amide bonds. The maximum atomic E-state index is 13.6. The normalized spacial score (nSPS) is 10.8. The molecule has 0 atom stereocenters. The highest BCUT2D eigenvalue weighted by atomic mass is 19.1. The van der Waals surface area contributed by atoms with E-state index in [4.69, 9.17) is 10.5 Å². The molecule has 0 saturated heterocycles. The van der Waals surface area contributed by atoms with Gasteiger partial charge in [0.15, 0.2) is 11.6 Å². The minimum absolute atomic E-state index is 0.250. The lowest BCUT2D eigenvalue weighted by molar-refractivity contribution is 0.301. The van der Waals surface area contributed by atoms with Crippen molar-refractivity contribution in [3.63, 3.8) is 0 Å². The van der Waals surface area contributed by atoms with Crippen LogP contribution in [0.15, 0.2) is 24.3 Å². The molecule has 0 heterocycles. The van der Waals surface area contributed by atoms with E-state index in [-0.39, 0.29) is 5.75 Å². The highest BCUT2D eigenvalue weighted by Gasteiger charge is 2.08. The molecule has 1 rings (SSSR count). The van der Waals surface area contributed by atoms with Crippen molar-refractivity contribution in [2.75, 3.05) is 24.2 Å². The van der Waals surface area contributed by atoms with Gasteiger partial charge in [-0.2, -0.15) is 0 Å². The molecule has 0 aliphatic heterocycles. The van der Waals surface area contributed by atoms with Crippen LogP contribution in [0.25, 0.3) is 0 Å². The van der Waals surface area contributed by atoms with E-state index >= 15 is 0 Å². The molecule has 1 aromatic rings. The van der Waals surface area contributed by atoms with Crippen LogP contribution in [-0.2, 0) is 0 Å². The molecule has 0 bridgehead atoms. The van der Waals surface area contributed by atoms with Crippen molar-refractivity contribution >= 4 is 11.4 Å². The van der Waals surface area contributed by atoms with E-state index in [1.807, 2.05) is 19.9 Å². The molecule has 0 saturated carbocycles. The maximum Gasteiger partial charge on any atom is 0.167 e. The zero-order valence-electron chi connectivity index (χ0n) is 11.0. The highest BCUT2D eigenvalue weighted by molar-refractivity contribution is 5.68. The number of benzene rings is 1. The van der Waals surface area contributed by atoms with Gasteiger partial charge in [-0.05, 0) is 19.8 Å². The zero-order chi connectivity index (χ0) is 13.4. The second kappa shape index (κ2) is 7.58. The number of ether oxygens (including phenoxy) is 1. The molecule has 0 aliphatic carbocycles. The molecule has 3 nitrogen and oxygen atoms in total. The van der Waals surface area contributed by atoms with Gasteiger partial charge in [0.1, 0.15) is 0 Å². The topological polar surface area (TPSA) is 47.3 Å². The number of nitrogens with two attached hydrogens (primary N) is 1. The Balaban J connectivity index is 2.71. The lowest BCUT2D eigenvalue weighted by Gasteiger charge is -2.12. The lowest BCUT2D eigenvalue weighted by Crippen LogP contribution is -2.05. The quantitative estimate of drug-likeness (QED) is 0.443. The molecule has 0 aromatic heterocycles. The zero-order valence-corrected chi connectivity index (χ0v) is 11.0. The third-order valence-corrected chi connectivity index (χ3v) is 2.43. The molecular weight excluding hydrogens is 231 g/mol. The van der Waals surface area contributed by atoms with Crippen LogP contribution in [0.1, 0.15) is 26.7 Å². The van der Waals surface area contributed by atoms with E-state index in [1.165, 1.54) is 6.07 Å². The van der Waals surface area contributed by atoms with Crippen LogP contribution in [0.4, 0.5) is 15.8 Å². The molecule has 0 aliphatic rings. The fourth-order valence-corrected chi connectivity index (χ4v) is 1.50. The predicted octanol–water partition coefficient (Wildman–Crippen LogP) is 3.57. The number of hydrogen-bond donors (Lipinski definition) is 2. The molecule has 0 unspecified atom stereocenters. The molecule has 4 heteroatoms. The summed E-state index contributed by atoms with van der Waals surface area (Å²) in [6, 6.07) is 2.92. The molecule has 0 radical (unpaired) electrons. The molecule has 100 valence electrons. The average Bonchev–Trinajstić information content (AvgIpc) is 2.35. The molecule has 0 fully saturated rings. The van der Waals surface area contributed by atoms with Gasteiger partial charge in [-0.1, -0.05) is 19.1 Å². The standard InChI is InChI=1S/C14H21FN2O/c1-3-5-6-7-17-13-10-14(18-8-4-2)11(15)9-12(13)16/h3,5,9-10,17H,4,6-8,16H2,1-2H3/b5-3+. The van der Waals surface area contributed by atoms with E-state index in [9.17, 15) is 4.39 Å². The number of halogens is 1. The van der Waals surface area contributed by atoms with Crippen molar-refractivity contribution in [3.05, 3.63) is 30.1 Å². The second-order valence-corrected chi connectivity index (χ2v) is 4.00. The number of allylic oxidation sites excluding steroid dienone is 1. The van der Waals surface area contributed by atoms with E-state index in [0.717, 1.165) is 19.4 Å². The SMILES string of the molecule is C/C=C/CCNc1cc(OCCC)c(F)cc1N. The van der Waals surface area contributed by atoms with Gasteiger partial charge in [-0.3, -0.25) is 0 Å². The minimum atomic E-state index is -0.417. The number of nitrogen functional groups attached to an aromatic ring is 1. The Hall–Kier alpha value is -1.71. The van der Waals surface area contributed by atoms with Crippen molar-refractivity contribution in [2.45, 2.75) is 26.7 Å². The Bertz CT molecular complexity index is 405. The Morgan fingerprint density at radius 2 is 2.22 bits per heavy atom. The molecule has 3 N–H and O–H groups in total. The fraction of sp³-hybridized carbons (Fsp3) is 0.429. The van der Waals surface area contributed by atoms with Crippen molar-refractivity contribution in [2.24, 2.45) is 0 Å². The molecular formula is C14H21FN2O. The van der Waals surface area contributed by atoms with E-state index in [1.54, 1.807) is 6.07 Å². The Morgan fingerprint density at radius 1 is 1.44 bits per heavy atom. The number of anilines is 2. The molecule has 18 heavy (non-hydrogen) atoms. The third kappa shape index (κ3) is 4.28. The summed E-state index contributed by atoms with van der Waals surface area (Å²) >= 11 is 0. The summed E-state index contributed by atoms with van der Waals surface area (Å²) in [5.41, 5.74) is 6.87. The van der Waals surface area contributed by atoms with Gasteiger partial charge in [0.05, 0.1) is 18.0 Å². The second-order valence-electron chi connectivity index (χ2n) is 4.00. The van der Waals surface area contributed by atoms with Crippen LogP contribution >= 0.6 is 0 Å². The number of rotatable bonds is 7. The van der Waals surface area contributed by atoms with Crippen molar-refractivity contribution in [3.8, 4) is 5.75 Å². The summed E-state index contributed by atoms with van der Waals surface area (Å²) in [4.78, 5) is 0. The van der Waals surface area contributed by atoms with Gasteiger partial charge >= 0.3 is 0 Å². The van der Waals surface area contributed by atoms with Gasteiger partial charge < -0.3 is 15.8 Å². The number of hydrogen-bond acceptors (Lipinski definition) is 3. The van der Waals surface area contributed by atoms with Crippen LogP contribution in [-0.4, -0.2) is 13.2 Å². The van der Waals surface area contributed by atoms with Crippen molar-refractivity contribution in [1.82, 2.24) is 0 Å². The molecule has 1 aromatic carbocycles. The van der Waals surface area contributed by atoms with E-state index in [0.29, 0.717) is 18.0 Å². The van der Waals surface area contributed by atoms with Gasteiger partial charge in [0.2, 0.25) is 0 Å². The van der Waals surface area contributed by atoms with Gasteiger partial charge in [-0.15, -0.1) is 0 Å². The van der Waals surface area contributed by atoms with Crippen LogP contribution in [0.3, 0.4) is 0 Å². The first-order valence-corrected chi connectivity index (χ1v) is 6.25. The first kappa shape index (κ1) is 14.4. The van der Waals surface area contributed by atoms with Gasteiger partial charge in [0, 0.05) is 18.7 Å². The molecule has 0 spiro atoms. The summed E-state index contributed by atoms with van der Waals surface area (Å²) in [6.07, 6.45) is 5.79. The van der Waals surface area contributed by atoms with Crippen molar-refractivity contribution in [1.29, 1.82) is 0 Å². The minimum Gasteiger partial charge on any atom is -0.490 e. The average molecular weight is 252 g/mol. The van der Waals surface area contributed by atoms with Crippen LogP contribution in [0.5, 0.6) is 5.75 Å². The van der Waals surface area contributed by atoms with Crippen LogP contribution in [0, 0.1) is 5.82 Å². The smallest absolute Gasteiger partial charge is 0.167 e. The summed E-state index contributed by atoms with van der Waals surface area (Å²) in [5.74, 6) is -0.167. The van der Waals surface area contributed by atoms with E-state index in [2.05, 4.69) is 11.4 Å². The summed E-state index contributed by atoms with van der Waals surface area (Å²) < 4.78 is 18.9. The fourth-order valence-electron chi connectivity index (χ4n) is 1.50.